The fourth-order valence-electron chi connectivity index (χ4n) is 3.91. The van der Waals surface area contributed by atoms with Gasteiger partial charge in [0.15, 0.2) is 11.5 Å². The van der Waals surface area contributed by atoms with E-state index in [2.05, 4.69) is 0 Å². The molecule has 0 aliphatic carbocycles. The van der Waals surface area contributed by atoms with Crippen LogP contribution in [0.2, 0.25) is 0 Å². The third-order valence-corrected chi connectivity index (χ3v) is 10.5. The fraction of sp³-hybridized carbons (Fsp3) is 0.379. The zero-order chi connectivity index (χ0) is 29.4. The van der Waals surface area contributed by atoms with Crippen molar-refractivity contribution in [3.05, 3.63) is 77.9 Å². The van der Waals surface area contributed by atoms with Crippen LogP contribution in [0.4, 0.5) is 13.2 Å². The molecular weight excluding hydrogens is 549 g/mol. The largest absolute Gasteiger partial charge is 0.524 e. The van der Waals surface area contributed by atoms with E-state index in [1.807, 2.05) is 41.5 Å². The van der Waals surface area contributed by atoms with Crippen LogP contribution < -0.4 is 9.47 Å². The second-order valence-electron chi connectivity index (χ2n) is 11.1. The number of hydrogen-bond acceptors (Lipinski definition) is 5. The van der Waals surface area contributed by atoms with Crippen molar-refractivity contribution in [1.29, 1.82) is 0 Å². The Labute approximate surface area is 230 Å². The lowest BCUT2D eigenvalue weighted by molar-refractivity contribution is -0.0496. The molecule has 10 heteroatoms. The molecule has 3 rings (SSSR count). The molecule has 0 saturated carbocycles. The summed E-state index contributed by atoms with van der Waals surface area (Å²) in [5, 5.41) is 0. The highest BCUT2D eigenvalue weighted by Crippen LogP contribution is 2.72. The average molecular weight is 585 g/mol. The van der Waals surface area contributed by atoms with E-state index in [1.165, 1.54) is 6.07 Å². The fourth-order valence-corrected chi connectivity index (χ4v) is 9.05. The maximum atomic E-state index is 13.9. The Morgan fingerprint density at radius 3 is 1.49 bits per heavy atom. The molecule has 3 aromatic carbocycles. The molecule has 0 heterocycles. The molecule has 0 N–H and O–H groups in total. The van der Waals surface area contributed by atoms with Crippen molar-refractivity contribution in [3.8, 4) is 11.5 Å². The molecule has 0 aromatic heterocycles. The Balaban J connectivity index is 2.51. The summed E-state index contributed by atoms with van der Waals surface area (Å²) in [6, 6.07) is 18.1. The van der Waals surface area contributed by atoms with E-state index in [1.54, 1.807) is 74.5 Å². The number of rotatable bonds is 7. The minimum atomic E-state index is -6.06. The molecule has 0 aliphatic rings. The van der Waals surface area contributed by atoms with Gasteiger partial charge in [-0.3, -0.25) is 0 Å². The molecule has 0 aliphatic heterocycles. The quantitative estimate of drug-likeness (QED) is 0.260. The van der Waals surface area contributed by atoms with E-state index in [0.29, 0.717) is 26.7 Å². The standard InChI is InChI=1S/C29H35F3O5S2/c1-20-13-9-11-15-25(20)38(26-16-12-10-14-21(26)2,37-39(33,34)29(30,31)32)22-17-18-23(35-27(3,4)5)24(19-22)36-28(6,7)8/h9-19H,1-8H3. The summed E-state index contributed by atoms with van der Waals surface area (Å²) in [6.07, 6.45) is 0. The SMILES string of the molecule is Cc1ccccc1S(OS(=O)(=O)C(F)(F)F)(c1ccc(OC(C)(C)C)c(OC(C)(C)C)c1)c1ccccc1C. The number of hydrogen-bond donors (Lipinski definition) is 0. The molecule has 5 nitrogen and oxygen atoms in total. The number of aryl methyl sites for hydroxylation is 2. The lowest BCUT2D eigenvalue weighted by atomic mass is 10.1. The van der Waals surface area contributed by atoms with Crippen LogP contribution in [0.3, 0.4) is 0 Å². The van der Waals surface area contributed by atoms with Crippen molar-refractivity contribution in [3.63, 3.8) is 0 Å². The third kappa shape index (κ3) is 6.91. The van der Waals surface area contributed by atoms with E-state index in [0.717, 1.165) is 0 Å². The predicted octanol–water partition coefficient (Wildman–Crippen LogP) is 8.72. The molecule has 0 spiro atoms. The summed E-state index contributed by atoms with van der Waals surface area (Å²) < 4.78 is 85.1. The second-order valence-corrected chi connectivity index (χ2v) is 15.5. The van der Waals surface area contributed by atoms with Crippen LogP contribution in [-0.2, 0) is 13.7 Å². The Morgan fingerprint density at radius 2 is 1.08 bits per heavy atom. The number of alkyl halides is 3. The first-order chi connectivity index (χ1) is 17.8. The van der Waals surface area contributed by atoms with E-state index in [4.69, 9.17) is 13.1 Å². The summed E-state index contributed by atoms with van der Waals surface area (Å²) in [5.74, 6) is 0.615. The van der Waals surface area contributed by atoms with Gasteiger partial charge in [0.1, 0.15) is 11.2 Å². The Bertz CT molecular complexity index is 1390. The topological polar surface area (TPSA) is 61.8 Å². The third-order valence-electron chi connectivity index (χ3n) is 5.36. The van der Waals surface area contributed by atoms with Gasteiger partial charge in [0.05, 0.1) is 0 Å². The maximum Gasteiger partial charge on any atom is 0.524 e. The first-order valence-corrected chi connectivity index (χ1v) is 15.2. The molecule has 0 atom stereocenters. The van der Waals surface area contributed by atoms with Crippen LogP contribution in [0, 0.1) is 13.8 Å². The molecule has 0 bridgehead atoms. The van der Waals surface area contributed by atoms with Crippen molar-refractivity contribution in [1.82, 2.24) is 0 Å². The van der Waals surface area contributed by atoms with E-state index in [9.17, 15) is 21.6 Å². The lowest BCUT2D eigenvalue weighted by Gasteiger charge is -2.41. The minimum absolute atomic E-state index is 0.208. The van der Waals surface area contributed by atoms with E-state index >= 15 is 0 Å². The van der Waals surface area contributed by atoms with Gasteiger partial charge in [-0.2, -0.15) is 25.2 Å². The van der Waals surface area contributed by atoms with Crippen LogP contribution in [0.25, 0.3) is 0 Å². The Kier molecular flexibility index (Phi) is 8.47. The molecule has 0 radical (unpaired) electrons. The molecule has 0 unspecified atom stereocenters. The van der Waals surface area contributed by atoms with Gasteiger partial charge in [-0.05, 0) is 107 Å². The normalized spacial score (nSPS) is 13.7. The van der Waals surface area contributed by atoms with Crippen LogP contribution >= 0.6 is 10.3 Å². The number of ether oxygens (including phenoxy) is 2. The first-order valence-electron chi connectivity index (χ1n) is 12.3. The Hall–Kier alpha value is -2.69. The summed E-state index contributed by atoms with van der Waals surface area (Å²) in [6.45, 7) is 14.5. The van der Waals surface area contributed by atoms with E-state index in [-0.39, 0.29) is 10.6 Å². The minimum Gasteiger partial charge on any atom is -0.484 e. The van der Waals surface area contributed by atoms with Crippen molar-refractivity contribution >= 4 is 20.4 Å². The predicted molar refractivity (Wildman–Crippen MR) is 148 cm³/mol. The van der Waals surface area contributed by atoms with Crippen molar-refractivity contribution < 1.29 is 34.7 Å². The molecular formula is C29H35F3O5S2. The summed E-state index contributed by atoms with van der Waals surface area (Å²) >= 11 is 0. The lowest BCUT2D eigenvalue weighted by Crippen LogP contribution is -2.28. The van der Waals surface area contributed by atoms with Gasteiger partial charge in [-0.25, -0.2) is 0 Å². The van der Waals surface area contributed by atoms with Crippen LogP contribution in [0.15, 0.2) is 81.4 Å². The Morgan fingerprint density at radius 1 is 0.641 bits per heavy atom. The van der Waals surface area contributed by atoms with Crippen LogP contribution in [0.1, 0.15) is 52.7 Å². The van der Waals surface area contributed by atoms with Crippen LogP contribution in [0.5, 0.6) is 11.5 Å². The number of halogens is 3. The highest BCUT2D eigenvalue weighted by molar-refractivity contribution is 8.33. The van der Waals surface area contributed by atoms with Crippen LogP contribution in [-0.4, -0.2) is 25.1 Å². The smallest absolute Gasteiger partial charge is 0.484 e. The van der Waals surface area contributed by atoms with Crippen molar-refractivity contribution in [2.24, 2.45) is 0 Å². The maximum absolute atomic E-state index is 13.9. The summed E-state index contributed by atoms with van der Waals surface area (Å²) in [5.41, 5.74) is -5.81. The first kappa shape index (κ1) is 30.8. The summed E-state index contributed by atoms with van der Waals surface area (Å²) in [4.78, 5) is 0.844. The van der Waals surface area contributed by atoms with Crippen molar-refractivity contribution in [2.75, 3.05) is 0 Å². The van der Waals surface area contributed by atoms with E-state index < -0.39 is 37.1 Å². The molecule has 0 amide bonds. The van der Waals surface area contributed by atoms with Gasteiger partial charge >= 0.3 is 15.6 Å². The van der Waals surface area contributed by atoms with Gasteiger partial charge < -0.3 is 9.47 Å². The highest BCUT2D eigenvalue weighted by Gasteiger charge is 2.53. The highest BCUT2D eigenvalue weighted by atomic mass is 32.3. The molecule has 3 aromatic rings. The van der Waals surface area contributed by atoms with Gasteiger partial charge in [0, 0.05) is 14.7 Å². The zero-order valence-electron chi connectivity index (χ0n) is 23.3. The molecule has 214 valence electrons. The average Bonchev–Trinajstić information content (AvgIpc) is 2.77. The molecule has 0 saturated heterocycles. The van der Waals surface area contributed by atoms with Gasteiger partial charge in [-0.15, -0.1) is 0 Å². The molecule has 0 fully saturated rings. The van der Waals surface area contributed by atoms with Gasteiger partial charge in [0.2, 0.25) is 0 Å². The molecule has 39 heavy (non-hydrogen) atoms. The summed E-state index contributed by atoms with van der Waals surface area (Å²) in [7, 11) is -9.57. The van der Waals surface area contributed by atoms with Gasteiger partial charge in [0.25, 0.3) is 0 Å². The number of benzene rings is 3. The van der Waals surface area contributed by atoms with Gasteiger partial charge in [-0.1, -0.05) is 36.4 Å². The van der Waals surface area contributed by atoms with Crippen molar-refractivity contribution in [2.45, 2.75) is 86.8 Å². The monoisotopic (exact) mass is 584 g/mol. The zero-order valence-corrected chi connectivity index (χ0v) is 25.0. The second kappa shape index (κ2) is 10.7.